The van der Waals surface area contributed by atoms with Crippen molar-refractivity contribution in [3.05, 3.63) is 52.8 Å². The van der Waals surface area contributed by atoms with Gasteiger partial charge in [-0.3, -0.25) is 4.68 Å². The van der Waals surface area contributed by atoms with Gasteiger partial charge in [0.1, 0.15) is 0 Å². The molecule has 2 aromatic rings. The van der Waals surface area contributed by atoms with Crippen LogP contribution in [0.5, 0.6) is 0 Å². The van der Waals surface area contributed by atoms with Crippen LogP contribution in [0.1, 0.15) is 25.0 Å². The number of aromatic nitrogens is 2. The van der Waals surface area contributed by atoms with Gasteiger partial charge in [-0.05, 0) is 24.1 Å². The van der Waals surface area contributed by atoms with Gasteiger partial charge >= 0.3 is 0 Å². The maximum atomic E-state index is 5.84. The zero-order valence-electron chi connectivity index (χ0n) is 11.4. The summed E-state index contributed by atoms with van der Waals surface area (Å²) in [5.74, 6) is 0. The Kier molecular flexibility index (Phi) is 5.00. The van der Waals surface area contributed by atoms with E-state index in [1.165, 1.54) is 11.1 Å². The summed E-state index contributed by atoms with van der Waals surface area (Å²) in [7, 11) is 0. The van der Waals surface area contributed by atoms with Crippen molar-refractivity contribution < 1.29 is 0 Å². The lowest BCUT2D eigenvalue weighted by molar-refractivity contribution is 0.590. The molecular formula is C15H20ClN3. The molecule has 19 heavy (non-hydrogen) atoms. The summed E-state index contributed by atoms with van der Waals surface area (Å²) in [6.07, 6.45) is 4.56. The molecular weight excluding hydrogens is 258 g/mol. The monoisotopic (exact) mass is 277 g/mol. The minimum absolute atomic E-state index is 0.545. The molecule has 0 fully saturated rings. The summed E-state index contributed by atoms with van der Waals surface area (Å²) in [6.45, 7) is 6.11. The van der Waals surface area contributed by atoms with E-state index in [1.54, 1.807) is 6.20 Å². The van der Waals surface area contributed by atoms with Crippen molar-refractivity contribution in [2.75, 3.05) is 6.54 Å². The molecule has 0 radical (unpaired) electrons. The van der Waals surface area contributed by atoms with Gasteiger partial charge in [0.05, 0.1) is 17.8 Å². The molecule has 102 valence electrons. The van der Waals surface area contributed by atoms with Gasteiger partial charge in [0.15, 0.2) is 0 Å². The molecule has 0 unspecified atom stereocenters. The summed E-state index contributed by atoms with van der Waals surface area (Å²) >= 11 is 5.84. The van der Waals surface area contributed by atoms with Gasteiger partial charge in [-0.15, -0.1) is 0 Å². The van der Waals surface area contributed by atoms with E-state index in [0.29, 0.717) is 11.1 Å². The first-order chi connectivity index (χ1) is 9.13. The van der Waals surface area contributed by atoms with Crippen LogP contribution in [0.4, 0.5) is 0 Å². The third kappa shape index (κ3) is 4.69. The highest BCUT2D eigenvalue weighted by atomic mass is 35.5. The number of rotatable bonds is 6. The summed E-state index contributed by atoms with van der Waals surface area (Å²) < 4.78 is 1.84. The Morgan fingerprint density at radius 2 is 1.89 bits per heavy atom. The summed E-state index contributed by atoms with van der Waals surface area (Å²) in [4.78, 5) is 0. The van der Waals surface area contributed by atoms with Gasteiger partial charge in [0.25, 0.3) is 0 Å². The number of hydrogen-bond acceptors (Lipinski definition) is 2. The molecule has 0 saturated carbocycles. The van der Waals surface area contributed by atoms with Crippen LogP contribution >= 0.6 is 11.6 Å². The third-order valence-corrected chi connectivity index (χ3v) is 3.13. The van der Waals surface area contributed by atoms with Crippen LogP contribution in [0.3, 0.4) is 0 Å². The molecule has 1 aromatic heterocycles. The van der Waals surface area contributed by atoms with Gasteiger partial charge < -0.3 is 5.32 Å². The van der Waals surface area contributed by atoms with E-state index < -0.39 is 0 Å². The molecule has 0 saturated heterocycles. The van der Waals surface area contributed by atoms with Crippen LogP contribution in [-0.2, 0) is 13.0 Å². The van der Waals surface area contributed by atoms with Crippen LogP contribution in [0, 0.1) is 0 Å². The molecule has 1 aromatic carbocycles. The number of halogens is 1. The summed E-state index contributed by atoms with van der Waals surface area (Å²) in [5, 5.41) is 8.28. The van der Waals surface area contributed by atoms with Crippen molar-refractivity contribution in [2.24, 2.45) is 0 Å². The molecule has 1 N–H and O–H groups in total. The van der Waals surface area contributed by atoms with Crippen molar-refractivity contribution in [3.63, 3.8) is 0 Å². The van der Waals surface area contributed by atoms with Crippen LogP contribution in [0.15, 0.2) is 36.7 Å². The number of nitrogens with one attached hydrogen (secondary N) is 1. The average Bonchev–Trinajstić information content (AvgIpc) is 2.77. The van der Waals surface area contributed by atoms with Gasteiger partial charge in [0, 0.05) is 12.2 Å². The summed E-state index contributed by atoms with van der Waals surface area (Å²) in [6, 6.07) is 9.22. The van der Waals surface area contributed by atoms with Crippen LogP contribution in [0.25, 0.3) is 0 Å². The number of nitrogens with zero attached hydrogens (tertiary/aromatic N) is 2. The average molecular weight is 278 g/mol. The second kappa shape index (κ2) is 6.73. The fourth-order valence-corrected chi connectivity index (χ4v) is 2.08. The van der Waals surface area contributed by atoms with E-state index in [-0.39, 0.29) is 0 Å². The Hall–Kier alpha value is -1.32. The van der Waals surface area contributed by atoms with E-state index in [1.807, 2.05) is 10.9 Å². The molecule has 0 spiro atoms. The maximum Gasteiger partial charge on any atom is 0.0785 e. The quantitative estimate of drug-likeness (QED) is 0.879. The van der Waals surface area contributed by atoms with Crippen LogP contribution < -0.4 is 5.32 Å². The standard InChI is InChI=1S/C15H20ClN3/c1-12(2)17-8-7-13-3-5-14(6-4-13)10-19-11-15(16)9-18-19/h3-6,9,11-12,17H,7-8,10H2,1-2H3. The molecule has 0 bridgehead atoms. The molecule has 4 heteroatoms. The highest BCUT2D eigenvalue weighted by Crippen LogP contribution is 2.09. The lowest BCUT2D eigenvalue weighted by atomic mass is 10.1. The SMILES string of the molecule is CC(C)NCCc1ccc(Cn2cc(Cl)cn2)cc1. The zero-order chi connectivity index (χ0) is 13.7. The smallest absolute Gasteiger partial charge is 0.0785 e. The molecule has 0 aliphatic rings. The molecule has 0 amide bonds. The van der Waals surface area contributed by atoms with Crippen molar-refractivity contribution in [3.8, 4) is 0 Å². The first kappa shape index (κ1) is 14.1. The van der Waals surface area contributed by atoms with E-state index in [9.17, 15) is 0 Å². The minimum Gasteiger partial charge on any atom is -0.314 e. The van der Waals surface area contributed by atoms with E-state index in [2.05, 4.69) is 48.5 Å². The molecule has 2 rings (SSSR count). The molecule has 0 atom stereocenters. The van der Waals surface area contributed by atoms with Gasteiger partial charge in [-0.1, -0.05) is 49.7 Å². The van der Waals surface area contributed by atoms with Crippen molar-refractivity contribution in [2.45, 2.75) is 32.9 Å². The lowest BCUT2D eigenvalue weighted by Crippen LogP contribution is -2.24. The second-order valence-electron chi connectivity index (χ2n) is 5.03. The normalized spacial score (nSPS) is 11.2. The Morgan fingerprint density at radius 3 is 2.47 bits per heavy atom. The van der Waals surface area contributed by atoms with Crippen LogP contribution in [0.2, 0.25) is 5.02 Å². The molecule has 1 heterocycles. The molecule has 3 nitrogen and oxygen atoms in total. The van der Waals surface area contributed by atoms with Gasteiger partial charge in [-0.2, -0.15) is 5.10 Å². The van der Waals surface area contributed by atoms with Crippen LogP contribution in [-0.4, -0.2) is 22.4 Å². The van der Waals surface area contributed by atoms with Gasteiger partial charge in [-0.25, -0.2) is 0 Å². The van der Waals surface area contributed by atoms with E-state index >= 15 is 0 Å². The maximum absolute atomic E-state index is 5.84. The third-order valence-electron chi connectivity index (χ3n) is 2.94. The van der Waals surface area contributed by atoms with Crippen molar-refractivity contribution in [1.29, 1.82) is 0 Å². The van der Waals surface area contributed by atoms with Crippen molar-refractivity contribution >= 4 is 11.6 Å². The topological polar surface area (TPSA) is 29.9 Å². The number of benzene rings is 1. The molecule has 0 aliphatic carbocycles. The predicted octanol–water partition coefficient (Wildman–Crippen LogP) is 3.13. The van der Waals surface area contributed by atoms with Crippen molar-refractivity contribution in [1.82, 2.24) is 15.1 Å². The second-order valence-corrected chi connectivity index (χ2v) is 5.47. The Labute approximate surface area is 119 Å². The Morgan fingerprint density at radius 1 is 1.21 bits per heavy atom. The fourth-order valence-electron chi connectivity index (χ4n) is 1.93. The zero-order valence-corrected chi connectivity index (χ0v) is 12.2. The van der Waals surface area contributed by atoms with E-state index in [0.717, 1.165) is 19.5 Å². The first-order valence-corrected chi connectivity index (χ1v) is 7.00. The fraction of sp³-hybridized carbons (Fsp3) is 0.400. The number of hydrogen-bond donors (Lipinski definition) is 1. The minimum atomic E-state index is 0.545. The molecule has 0 aliphatic heterocycles. The first-order valence-electron chi connectivity index (χ1n) is 6.62. The Balaban J connectivity index is 1.87. The Bertz CT molecular complexity index is 502. The predicted molar refractivity (Wildman–Crippen MR) is 79.6 cm³/mol. The lowest BCUT2D eigenvalue weighted by Gasteiger charge is -2.08. The van der Waals surface area contributed by atoms with E-state index in [4.69, 9.17) is 11.6 Å². The highest BCUT2D eigenvalue weighted by Gasteiger charge is 1.99. The highest BCUT2D eigenvalue weighted by molar-refractivity contribution is 6.30. The summed E-state index contributed by atoms with van der Waals surface area (Å²) in [5.41, 5.74) is 2.59. The van der Waals surface area contributed by atoms with Gasteiger partial charge in [0.2, 0.25) is 0 Å². The largest absolute Gasteiger partial charge is 0.314 e.